The van der Waals surface area contributed by atoms with Crippen LogP contribution in [0.4, 0.5) is 0 Å². The van der Waals surface area contributed by atoms with Gasteiger partial charge in [0, 0.05) is 5.56 Å². The SMILES string of the molecule is CCCOc1cccc2c1OC(CCC)C2NC. The number of hydrogen-bond acceptors (Lipinski definition) is 3. The van der Waals surface area contributed by atoms with Gasteiger partial charge in [0.05, 0.1) is 12.6 Å². The Hall–Kier alpha value is -1.22. The summed E-state index contributed by atoms with van der Waals surface area (Å²) in [6, 6.07) is 6.46. The molecule has 2 rings (SSSR count). The largest absolute Gasteiger partial charge is 0.490 e. The monoisotopic (exact) mass is 249 g/mol. The molecule has 1 aliphatic rings. The molecule has 18 heavy (non-hydrogen) atoms. The van der Waals surface area contributed by atoms with E-state index < -0.39 is 0 Å². The van der Waals surface area contributed by atoms with E-state index in [2.05, 4.69) is 25.2 Å². The van der Waals surface area contributed by atoms with Gasteiger partial charge in [-0.2, -0.15) is 0 Å². The van der Waals surface area contributed by atoms with Gasteiger partial charge < -0.3 is 14.8 Å². The quantitative estimate of drug-likeness (QED) is 0.839. The molecule has 0 bridgehead atoms. The van der Waals surface area contributed by atoms with Gasteiger partial charge in [-0.3, -0.25) is 0 Å². The minimum Gasteiger partial charge on any atom is -0.490 e. The Kier molecular flexibility index (Phi) is 4.48. The fourth-order valence-electron chi connectivity index (χ4n) is 2.50. The highest BCUT2D eigenvalue weighted by atomic mass is 16.5. The summed E-state index contributed by atoms with van der Waals surface area (Å²) in [4.78, 5) is 0. The van der Waals surface area contributed by atoms with Crippen LogP contribution in [0, 0.1) is 0 Å². The smallest absolute Gasteiger partial charge is 0.166 e. The Morgan fingerprint density at radius 3 is 2.78 bits per heavy atom. The lowest BCUT2D eigenvalue weighted by Crippen LogP contribution is -2.28. The van der Waals surface area contributed by atoms with Gasteiger partial charge in [0.2, 0.25) is 0 Å². The minimum absolute atomic E-state index is 0.223. The molecule has 100 valence electrons. The number of likely N-dealkylation sites (N-methyl/N-ethyl adjacent to an activating group) is 1. The molecule has 3 heteroatoms. The lowest BCUT2D eigenvalue weighted by Gasteiger charge is -2.17. The van der Waals surface area contributed by atoms with Crippen LogP contribution in [0.5, 0.6) is 11.5 Å². The number of rotatable bonds is 6. The van der Waals surface area contributed by atoms with E-state index >= 15 is 0 Å². The van der Waals surface area contributed by atoms with Crippen LogP contribution in [-0.2, 0) is 0 Å². The Balaban J connectivity index is 2.24. The molecule has 1 aromatic rings. The molecule has 0 aromatic heterocycles. The third-order valence-electron chi connectivity index (χ3n) is 3.33. The molecule has 0 saturated heterocycles. The van der Waals surface area contributed by atoms with Crippen molar-refractivity contribution < 1.29 is 9.47 Å². The highest BCUT2D eigenvalue weighted by molar-refractivity contribution is 5.51. The van der Waals surface area contributed by atoms with E-state index in [9.17, 15) is 0 Å². The zero-order valence-corrected chi connectivity index (χ0v) is 11.5. The number of benzene rings is 1. The molecule has 0 saturated carbocycles. The van der Waals surface area contributed by atoms with Crippen molar-refractivity contribution in [1.29, 1.82) is 0 Å². The molecule has 0 spiro atoms. The second kappa shape index (κ2) is 6.10. The van der Waals surface area contributed by atoms with Gasteiger partial charge in [-0.25, -0.2) is 0 Å². The van der Waals surface area contributed by atoms with E-state index in [1.54, 1.807) is 0 Å². The Labute approximate surface area is 109 Å². The fourth-order valence-corrected chi connectivity index (χ4v) is 2.50. The standard InChI is InChI=1S/C15H23NO2/c1-4-7-12-14(16-3)11-8-6-9-13(15(11)18-12)17-10-5-2/h6,8-9,12,14,16H,4-5,7,10H2,1-3H3. The number of fused-ring (bicyclic) bond motifs is 1. The van der Waals surface area contributed by atoms with Crippen LogP contribution in [0.1, 0.15) is 44.7 Å². The maximum Gasteiger partial charge on any atom is 0.166 e. The average molecular weight is 249 g/mol. The third-order valence-corrected chi connectivity index (χ3v) is 3.33. The van der Waals surface area contributed by atoms with Gasteiger partial charge in [0.1, 0.15) is 6.10 Å². The molecular formula is C15H23NO2. The maximum absolute atomic E-state index is 6.09. The van der Waals surface area contributed by atoms with Crippen molar-refractivity contribution in [3.05, 3.63) is 23.8 Å². The molecule has 1 aliphatic heterocycles. The molecule has 2 atom stereocenters. The zero-order valence-electron chi connectivity index (χ0n) is 11.5. The van der Waals surface area contributed by atoms with Crippen LogP contribution >= 0.6 is 0 Å². The number of para-hydroxylation sites is 1. The van der Waals surface area contributed by atoms with Crippen LogP contribution in [0.15, 0.2) is 18.2 Å². The molecule has 0 amide bonds. The first-order chi connectivity index (χ1) is 8.81. The molecule has 0 radical (unpaired) electrons. The predicted molar refractivity (Wildman–Crippen MR) is 73.4 cm³/mol. The summed E-state index contributed by atoms with van der Waals surface area (Å²) in [6.07, 6.45) is 3.42. The highest BCUT2D eigenvalue weighted by Gasteiger charge is 2.34. The first kappa shape index (κ1) is 13.2. The second-order valence-electron chi connectivity index (χ2n) is 4.73. The van der Waals surface area contributed by atoms with Gasteiger partial charge in [0.25, 0.3) is 0 Å². The van der Waals surface area contributed by atoms with Gasteiger partial charge in [-0.15, -0.1) is 0 Å². The summed E-state index contributed by atoms with van der Waals surface area (Å²) in [6.45, 7) is 5.04. The van der Waals surface area contributed by atoms with Crippen LogP contribution in [0.2, 0.25) is 0 Å². The minimum atomic E-state index is 0.223. The number of nitrogens with one attached hydrogen (secondary N) is 1. The van der Waals surface area contributed by atoms with Crippen molar-refractivity contribution >= 4 is 0 Å². The predicted octanol–water partition coefficient (Wildman–Crippen LogP) is 3.30. The van der Waals surface area contributed by atoms with Crippen molar-refractivity contribution in [3.63, 3.8) is 0 Å². The van der Waals surface area contributed by atoms with Gasteiger partial charge >= 0.3 is 0 Å². The number of hydrogen-bond donors (Lipinski definition) is 1. The molecular weight excluding hydrogens is 226 g/mol. The van der Waals surface area contributed by atoms with Crippen molar-refractivity contribution in [3.8, 4) is 11.5 Å². The third kappa shape index (κ3) is 2.46. The first-order valence-electron chi connectivity index (χ1n) is 6.91. The van der Waals surface area contributed by atoms with Gasteiger partial charge in [-0.1, -0.05) is 32.4 Å². The highest BCUT2D eigenvalue weighted by Crippen LogP contribution is 2.44. The molecule has 1 heterocycles. The molecule has 1 aromatic carbocycles. The summed E-state index contributed by atoms with van der Waals surface area (Å²) in [7, 11) is 1.99. The van der Waals surface area contributed by atoms with Crippen molar-refractivity contribution in [2.24, 2.45) is 0 Å². The number of ether oxygens (including phenoxy) is 2. The normalized spacial score (nSPS) is 21.5. The first-order valence-corrected chi connectivity index (χ1v) is 6.91. The Bertz CT molecular complexity index is 392. The van der Waals surface area contributed by atoms with Crippen molar-refractivity contribution in [2.75, 3.05) is 13.7 Å². The molecule has 1 N–H and O–H groups in total. The topological polar surface area (TPSA) is 30.5 Å². The zero-order chi connectivity index (χ0) is 13.0. The van der Waals surface area contributed by atoms with Crippen LogP contribution < -0.4 is 14.8 Å². The fraction of sp³-hybridized carbons (Fsp3) is 0.600. The van der Waals surface area contributed by atoms with Crippen molar-refractivity contribution in [1.82, 2.24) is 5.32 Å². The summed E-state index contributed by atoms with van der Waals surface area (Å²) >= 11 is 0. The van der Waals surface area contributed by atoms with Crippen LogP contribution in [0.25, 0.3) is 0 Å². The van der Waals surface area contributed by atoms with E-state index in [-0.39, 0.29) is 12.1 Å². The molecule has 0 fully saturated rings. The van der Waals surface area contributed by atoms with Gasteiger partial charge in [0.15, 0.2) is 11.5 Å². The van der Waals surface area contributed by atoms with Crippen LogP contribution in [-0.4, -0.2) is 19.8 Å². The molecule has 0 aliphatic carbocycles. The Morgan fingerprint density at radius 2 is 2.11 bits per heavy atom. The molecule has 2 unspecified atom stereocenters. The van der Waals surface area contributed by atoms with E-state index in [1.807, 2.05) is 19.2 Å². The van der Waals surface area contributed by atoms with E-state index in [0.29, 0.717) is 0 Å². The van der Waals surface area contributed by atoms with E-state index in [1.165, 1.54) is 5.56 Å². The lowest BCUT2D eigenvalue weighted by molar-refractivity contribution is 0.174. The second-order valence-corrected chi connectivity index (χ2v) is 4.73. The molecule has 3 nitrogen and oxygen atoms in total. The lowest BCUT2D eigenvalue weighted by atomic mass is 10.0. The maximum atomic E-state index is 6.09. The summed E-state index contributed by atoms with van der Waals surface area (Å²) < 4.78 is 11.9. The summed E-state index contributed by atoms with van der Waals surface area (Å²) in [5.74, 6) is 1.82. The summed E-state index contributed by atoms with van der Waals surface area (Å²) in [5, 5.41) is 3.36. The van der Waals surface area contributed by atoms with E-state index in [4.69, 9.17) is 9.47 Å². The summed E-state index contributed by atoms with van der Waals surface area (Å²) in [5.41, 5.74) is 1.23. The van der Waals surface area contributed by atoms with Gasteiger partial charge in [-0.05, 0) is 26.0 Å². The Morgan fingerprint density at radius 1 is 1.28 bits per heavy atom. The average Bonchev–Trinajstić information content (AvgIpc) is 2.74. The van der Waals surface area contributed by atoms with E-state index in [0.717, 1.165) is 37.4 Å². The van der Waals surface area contributed by atoms with Crippen LogP contribution in [0.3, 0.4) is 0 Å². The van der Waals surface area contributed by atoms with Crippen molar-refractivity contribution in [2.45, 2.75) is 45.3 Å².